The van der Waals surface area contributed by atoms with E-state index in [4.69, 9.17) is 31.6 Å². The van der Waals surface area contributed by atoms with E-state index < -0.39 is 0 Å². The monoisotopic (exact) mass is 590 g/mol. The van der Waals surface area contributed by atoms with Crippen LogP contribution in [0.1, 0.15) is 78.6 Å². The molecule has 0 aromatic rings. The van der Waals surface area contributed by atoms with Crippen molar-refractivity contribution in [1.29, 1.82) is 31.6 Å². The van der Waals surface area contributed by atoms with Crippen molar-refractivity contribution in [3.8, 4) is 36.4 Å². The van der Waals surface area contributed by atoms with E-state index in [1.165, 1.54) is 0 Å². The summed E-state index contributed by atoms with van der Waals surface area (Å²) in [6.45, 7) is 16.5. The van der Waals surface area contributed by atoms with E-state index in [1.54, 1.807) is 0 Å². The zero-order valence-electron chi connectivity index (χ0n) is 27.1. The Balaban J connectivity index is 5.24. The minimum absolute atomic E-state index is 0.439. The van der Waals surface area contributed by atoms with Gasteiger partial charge in [0.05, 0.1) is 36.4 Å². The first-order valence-corrected chi connectivity index (χ1v) is 15.9. The third kappa shape index (κ3) is 23.0. The van der Waals surface area contributed by atoms with E-state index in [0.29, 0.717) is 95.5 Å². The summed E-state index contributed by atoms with van der Waals surface area (Å²) >= 11 is 0. The molecule has 0 N–H and O–H groups in total. The van der Waals surface area contributed by atoms with Gasteiger partial charge in [-0.25, -0.2) is 0 Å². The van der Waals surface area contributed by atoms with Gasteiger partial charge in [0.1, 0.15) is 0 Å². The molecular formula is C33H54N10. The highest BCUT2D eigenvalue weighted by molar-refractivity contribution is 4.80. The maximum Gasteiger partial charge on any atom is 0.0635 e. The summed E-state index contributed by atoms with van der Waals surface area (Å²) in [5.74, 6) is 1.32. The van der Waals surface area contributed by atoms with Gasteiger partial charge in [-0.1, -0.05) is 20.8 Å². The van der Waals surface area contributed by atoms with E-state index in [0.717, 1.165) is 58.5 Å². The summed E-state index contributed by atoms with van der Waals surface area (Å²) in [7, 11) is 0. The Hall–Kier alpha value is -3.22. The van der Waals surface area contributed by atoms with Crippen molar-refractivity contribution in [3.05, 3.63) is 0 Å². The van der Waals surface area contributed by atoms with Crippen LogP contribution < -0.4 is 0 Å². The molecule has 0 fully saturated rings. The molecule has 0 saturated carbocycles. The molecule has 10 heteroatoms. The molecule has 3 atom stereocenters. The Bertz CT molecular complexity index is 779. The zero-order chi connectivity index (χ0) is 32.1. The number of nitriles is 6. The Labute approximate surface area is 262 Å². The predicted octanol–water partition coefficient (Wildman–Crippen LogP) is 4.76. The van der Waals surface area contributed by atoms with Crippen LogP contribution in [-0.2, 0) is 0 Å². The van der Waals surface area contributed by atoms with Crippen LogP contribution in [-0.4, -0.2) is 98.1 Å². The van der Waals surface area contributed by atoms with E-state index in [1.807, 2.05) is 0 Å². The third-order valence-electron chi connectivity index (χ3n) is 7.76. The lowest BCUT2D eigenvalue weighted by molar-refractivity contribution is 0.177. The SMILES string of the molecule is CC(CCN(CCC(C)CN(CCC#N)CCC#N)CCC(C)CN(CCC#N)CCC#N)CN(CCC#N)CCC#N. The zero-order valence-corrected chi connectivity index (χ0v) is 27.1. The van der Waals surface area contributed by atoms with Gasteiger partial charge in [0.25, 0.3) is 0 Å². The fraction of sp³-hybridized carbons (Fsp3) is 0.818. The molecule has 10 nitrogen and oxygen atoms in total. The van der Waals surface area contributed by atoms with Crippen molar-refractivity contribution in [2.24, 2.45) is 17.8 Å². The summed E-state index contributed by atoms with van der Waals surface area (Å²) in [6, 6.07) is 13.3. The van der Waals surface area contributed by atoms with Gasteiger partial charge >= 0.3 is 0 Å². The van der Waals surface area contributed by atoms with E-state index in [-0.39, 0.29) is 0 Å². The Morgan fingerprint density at radius 1 is 0.349 bits per heavy atom. The molecule has 0 radical (unpaired) electrons. The second-order valence-electron chi connectivity index (χ2n) is 11.9. The molecule has 0 saturated heterocycles. The average molecular weight is 591 g/mol. The fourth-order valence-electron chi connectivity index (χ4n) is 5.27. The van der Waals surface area contributed by atoms with Crippen LogP contribution in [0.25, 0.3) is 0 Å². The smallest absolute Gasteiger partial charge is 0.0635 e. The predicted molar refractivity (Wildman–Crippen MR) is 168 cm³/mol. The van der Waals surface area contributed by atoms with E-state index in [9.17, 15) is 0 Å². The summed E-state index contributed by atoms with van der Waals surface area (Å²) in [5.41, 5.74) is 0. The van der Waals surface area contributed by atoms with Crippen LogP contribution in [0.3, 0.4) is 0 Å². The maximum absolute atomic E-state index is 9.03. The minimum Gasteiger partial charge on any atom is -0.303 e. The van der Waals surface area contributed by atoms with Crippen LogP contribution in [0.4, 0.5) is 0 Å². The normalized spacial score (nSPS) is 13.0. The van der Waals surface area contributed by atoms with Crippen LogP contribution >= 0.6 is 0 Å². The second-order valence-corrected chi connectivity index (χ2v) is 11.9. The van der Waals surface area contributed by atoms with Gasteiger partial charge in [-0.3, -0.25) is 0 Å². The Kier molecular flexibility index (Phi) is 25.5. The van der Waals surface area contributed by atoms with E-state index >= 15 is 0 Å². The van der Waals surface area contributed by atoms with Crippen molar-refractivity contribution < 1.29 is 0 Å². The van der Waals surface area contributed by atoms with Crippen molar-refractivity contribution in [3.63, 3.8) is 0 Å². The molecule has 0 amide bonds. The molecule has 0 aromatic heterocycles. The van der Waals surface area contributed by atoms with Crippen LogP contribution in [0, 0.1) is 85.7 Å². The molecule has 3 unspecified atom stereocenters. The maximum atomic E-state index is 9.03. The number of hydrogen-bond donors (Lipinski definition) is 0. The molecule has 0 bridgehead atoms. The number of hydrogen-bond acceptors (Lipinski definition) is 10. The molecule has 0 spiro atoms. The summed E-state index contributed by atoms with van der Waals surface area (Å²) in [4.78, 5) is 9.27. The van der Waals surface area contributed by atoms with Crippen LogP contribution in [0.2, 0.25) is 0 Å². The highest BCUT2D eigenvalue weighted by Gasteiger charge is 2.17. The van der Waals surface area contributed by atoms with Gasteiger partial charge < -0.3 is 19.6 Å². The average Bonchev–Trinajstić information content (AvgIpc) is 3.00. The molecule has 236 valence electrons. The molecule has 0 heterocycles. The van der Waals surface area contributed by atoms with E-state index in [2.05, 4.69) is 76.8 Å². The van der Waals surface area contributed by atoms with Gasteiger partial charge in [0, 0.05) is 97.4 Å². The van der Waals surface area contributed by atoms with Crippen molar-refractivity contribution >= 4 is 0 Å². The first-order chi connectivity index (χ1) is 20.8. The third-order valence-corrected chi connectivity index (χ3v) is 7.76. The fourth-order valence-corrected chi connectivity index (χ4v) is 5.27. The molecule has 0 rings (SSSR count). The largest absolute Gasteiger partial charge is 0.303 e. The van der Waals surface area contributed by atoms with Gasteiger partial charge in [0.15, 0.2) is 0 Å². The van der Waals surface area contributed by atoms with Crippen molar-refractivity contribution in [2.75, 3.05) is 78.5 Å². The van der Waals surface area contributed by atoms with Crippen LogP contribution in [0.15, 0.2) is 0 Å². The Morgan fingerprint density at radius 3 is 0.744 bits per heavy atom. The Morgan fingerprint density at radius 2 is 0.558 bits per heavy atom. The minimum atomic E-state index is 0.439. The van der Waals surface area contributed by atoms with Crippen molar-refractivity contribution in [1.82, 2.24) is 19.6 Å². The molecular weight excluding hydrogens is 536 g/mol. The highest BCUT2D eigenvalue weighted by atomic mass is 15.1. The summed E-state index contributed by atoms with van der Waals surface area (Å²) in [6.07, 6.45) is 5.93. The van der Waals surface area contributed by atoms with Crippen LogP contribution in [0.5, 0.6) is 0 Å². The van der Waals surface area contributed by atoms with Crippen molar-refractivity contribution in [2.45, 2.75) is 78.6 Å². The van der Waals surface area contributed by atoms with Gasteiger partial charge in [0.2, 0.25) is 0 Å². The molecule has 0 aliphatic carbocycles. The lowest BCUT2D eigenvalue weighted by Crippen LogP contribution is -2.36. The molecule has 0 aromatic carbocycles. The second kappa shape index (κ2) is 27.6. The van der Waals surface area contributed by atoms with Gasteiger partial charge in [-0.05, 0) is 56.7 Å². The molecule has 43 heavy (non-hydrogen) atoms. The van der Waals surface area contributed by atoms with Gasteiger partial charge in [-0.2, -0.15) is 31.6 Å². The topological polar surface area (TPSA) is 156 Å². The standard InChI is InChI=1S/C33H54N10/c1-31(28-41(19-4-13-34)20-5-14-35)10-25-40(26-11-32(2)29-42(21-6-15-36)22-7-16-37)27-12-33(3)30-43(23-8-17-38)24-9-18-39/h31-33H,4-12,19-30H2,1-3H3. The number of rotatable bonds is 27. The first-order valence-electron chi connectivity index (χ1n) is 15.9. The first kappa shape index (κ1) is 39.8. The molecule has 0 aliphatic rings. The summed E-state index contributed by atoms with van der Waals surface area (Å²) < 4.78 is 0. The number of nitrogens with zero attached hydrogens (tertiary/aromatic N) is 10. The summed E-state index contributed by atoms with van der Waals surface area (Å²) in [5, 5.41) is 54.2. The lowest BCUT2D eigenvalue weighted by atomic mass is 10.0. The molecule has 0 aliphatic heterocycles. The quantitative estimate of drug-likeness (QED) is 0.131. The lowest BCUT2D eigenvalue weighted by Gasteiger charge is -2.30. The highest BCUT2D eigenvalue weighted by Crippen LogP contribution is 2.14. The van der Waals surface area contributed by atoms with Gasteiger partial charge in [-0.15, -0.1) is 0 Å².